The zero-order valence-corrected chi connectivity index (χ0v) is 18.3. The molecular weight excluding hydrogens is 414 g/mol. The number of hydrogen-bond acceptors (Lipinski definition) is 3. The maximum atomic E-state index is 12.5. The molecule has 0 radical (unpaired) electrons. The van der Waals surface area contributed by atoms with Crippen molar-refractivity contribution in [3.8, 4) is 0 Å². The Balaban J connectivity index is 1.89. The summed E-state index contributed by atoms with van der Waals surface area (Å²) in [6.45, 7) is 6.71. The molecule has 2 N–H and O–H groups in total. The van der Waals surface area contributed by atoms with Crippen LogP contribution < -0.4 is 4.72 Å². The van der Waals surface area contributed by atoms with Crippen molar-refractivity contribution in [2.24, 2.45) is 0 Å². The van der Waals surface area contributed by atoms with Crippen LogP contribution in [0, 0.1) is 0 Å². The third kappa shape index (κ3) is 4.68. The Kier molecular flexibility index (Phi) is 5.55. The van der Waals surface area contributed by atoms with E-state index in [0.29, 0.717) is 6.04 Å². The van der Waals surface area contributed by atoms with Crippen LogP contribution in [0.4, 0.5) is 0 Å². The van der Waals surface area contributed by atoms with Crippen LogP contribution in [0.3, 0.4) is 0 Å². The Bertz CT molecular complexity index is 899. The van der Waals surface area contributed by atoms with Crippen molar-refractivity contribution in [1.82, 2.24) is 14.6 Å². The molecule has 7 heteroatoms. The van der Waals surface area contributed by atoms with Crippen LogP contribution in [-0.2, 0) is 22.2 Å². The Morgan fingerprint density at radius 2 is 2.08 bits per heavy atom. The molecule has 0 amide bonds. The van der Waals surface area contributed by atoms with Crippen molar-refractivity contribution < 1.29 is 8.42 Å². The number of benzene rings is 1. The molecule has 2 heterocycles. The Morgan fingerprint density at radius 1 is 1.35 bits per heavy atom. The molecule has 2 aromatic rings. The third-order valence-corrected chi connectivity index (χ3v) is 7.09. The fourth-order valence-corrected chi connectivity index (χ4v) is 6.00. The van der Waals surface area contributed by atoms with Gasteiger partial charge >= 0.3 is 0 Å². The van der Waals surface area contributed by atoms with Gasteiger partial charge < -0.3 is 9.88 Å². The number of aromatic nitrogens is 1. The van der Waals surface area contributed by atoms with E-state index in [2.05, 4.69) is 43.8 Å². The Hall–Kier alpha value is -0.890. The molecular formula is C19H28BrN3O2S. The highest BCUT2D eigenvalue weighted by Gasteiger charge is 2.24. The van der Waals surface area contributed by atoms with Crippen molar-refractivity contribution in [3.63, 3.8) is 0 Å². The van der Waals surface area contributed by atoms with Gasteiger partial charge in [-0.1, -0.05) is 0 Å². The van der Waals surface area contributed by atoms with Gasteiger partial charge in [0.1, 0.15) is 0 Å². The number of hydrogen-bond donors (Lipinski definition) is 2. The average Bonchev–Trinajstić information content (AvgIpc) is 3.04. The van der Waals surface area contributed by atoms with E-state index in [1.165, 1.54) is 18.4 Å². The highest BCUT2D eigenvalue weighted by Crippen LogP contribution is 2.31. The molecule has 26 heavy (non-hydrogen) atoms. The number of fused-ring (bicyclic) bond motifs is 1. The van der Waals surface area contributed by atoms with Gasteiger partial charge in [-0.25, -0.2) is 13.1 Å². The van der Waals surface area contributed by atoms with E-state index < -0.39 is 15.6 Å². The number of nitrogens with zero attached hydrogens (tertiary/aromatic N) is 1. The van der Waals surface area contributed by atoms with E-state index in [9.17, 15) is 8.42 Å². The van der Waals surface area contributed by atoms with Crippen molar-refractivity contribution in [1.29, 1.82) is 0 Å². The maximum absolute atomic E-state index is 12.5. The average molecular weight is 442 g/mol. The number of sulfonamides is 1. The van der Waals surface area contributed by atoms with Gasteiger partial charge in [0.05, 0.1) is 11.3 Å². The van der Waals surface area contributed by atoms with Gasteiger partial charge in [0.25, 0.3) is 0 Å². The van der Waals surface area contributed by atoms with Crippen LogP contribution in [0.5, 0.6) is 0 Å². The van der Waals surface area contributed by atoms with Gasteiger partial charge in [0.2, 0.25) is 10.0 Å². The molecule has 3 rings (SSSR count). The molecule has 1 aliphatic heterocycles. The molecule has 1 aromatic heterocycles. The first-order valence-electron chi connectivity index (χ1n) is 9.04. The minimum Gasteiger partial charge on any atom is -0.360 e. The third-order valence-electron chi connectivity index (χ3n) is 4.83. The summed E-state index contributed by atoms with van der Waals surface area (Å²) in [5.74, 6) is -0.0211. The first-order valence-corrected chi connectivity index (χ1v) is 11.5. The maximum Gasteiger partial charge on any atom is 0.216 e. The van der Waals surface area contributed by atoms with Crippen molar-refractivity contribution in [2.75, 3.05) is 13.6 Å². The summed E-state index contributed by atoms with van der Waals surface area (Å²) in [5.41, 5.74) is 2.60. The molecule has 1 aromatic carbocycles. The monoisotopic (exact) mass is 441 g/mol. The summed E-state index contributed by atoms with van der Waals surface area (Å²) in [7, 11) is -1.21. The lowest BCUT2D eigenvalue weighted by molar-refractivity contribution is 0.310. The molecule has 1 saturated heterocycles. The molecule has 0 unspecified atom stereocenters. The largest absolute Gasteiger partial charge is 0.360 e. The first-order chi connectivity index (χ1) is 12.0. The summed E-state index contributed by atoms with van der Waals surface area (Å²) in [6, 6.07) is 4.47. The molecule has 0 aliphatic carbocycles. The summed E-state index contributed by atoms with van der Waals surface area (Å²) in [5, 5.41) is 1.11. The molecule has 1 fully saturated rings. The molecule has 0 spiro atoms. The van der Waals surface area contributed by atoms with E-state index >= 15 is 0 Å². The number of likely N-dealkylation sites (N-methyl/N-ethyl adjacent to an activating group) is 1. The second-order valence-corrected chi connectivity index (χ2v) is 11.0. The summed E-state index contributed by atoms with van der Waals surface area (Å²) in [4.78, 5) is 5.76. The summed E-state index contributed by atoms with van der Waals surface area (Å²) < 4.78 is 28.6. The Morgan fingerprint density at radius 3 is 2.69 bits per heavy atom. The topological polar surface area (TPSA) is 65.2 Å². The van der Waals surface area contributed by atoms with Crippen LogP contribution in [0.1, 0.15) is 44.7 Å². The highest BCUT2D eigenvalue weighted by atomic mass is 79.9. The normalized spacial score (nSPS) is 19.5. The van der Waals surface area contributed by atoms with Crippen LogP contribution in [0.15, 0.2) is 22.8 Å². The minimum atomic E-state index is -3.39. The number of H-pyrrole nitrogens is 1. The lowest BCUT2D eigenvalue weighted by atomic mass is 10.0. The zero-order chi connectivity index (χ0) is 19.1. The number of aromatic amines is 1. The first kappa shape index (κ1) is 19.9. The Labute approximate surface area is 164 Å². The van der Waals surface area contributed by atoms with Gasteiger partial charge in [-0.05, 0) is 92.8 Å². The molecule has 1 aliphatic rings. The number of halogens is 1. The molecule has 144 valence electrons. The fourth-order valence-electron chi connectivity index (χ4n) is 3.77. The van der Waals surface area contributed by atoms with Gasteiger partial charge in [-0.2, -0.15) is 0 Å². The van der Waals surface area contributed by atoms with E-state index in [4.69, 9.17) is 0 Å². The van der Waals surface area contributed by atoms with Gasteiger partial charge in [-0.15, -0.1) is 0 Å². The van der Waals surface area contributed by atoms with Crippen molar-refractivity contribution in [3.05, 3.63) is 33.9 Å². The zero-order valence-electron chi connectivity index (χ0n) is 15.9. The number of rotatable bonds is 5. The predicted octanol–water partition coefficient (Wildman–Crippen LogP) is 3.79. The smallest absolute Gasteiger partial charge is 0.216 e. The quantitative estimate of drug-likeness (QED) is 0.741. The van der Waals surface area contributed by atoms with Crippen LogP contribution >= 0.6 is 15.9 Å². The van der Waals surface area contributed by atoms with E-state index in [-0.39, 0.29) is 5.75 Å². The lowest BCUT2D eigenvalue weighted by Crippen LogP contribution is -2.41. The van der Waals surface area contributed by atoms with Crippen LogP contribution in [0.2, 0.25) is 0 Å². The second-order valence-electron chi connectivity index (χ2n) is 8.41. The molecule has 0 bridgehead atoms. The number of likely N-dealkylation sites (tertiary alicyclic amines) is 1. The second kappa shape index (κ2) is 7.26. The standard InChI is InChI=1S/C19H28BrN3O2S/c1-19(2,3)22-26(24,25)12-13-8-16-14(10-15-6-5-7-23(15)4)11-21-18(16)17(20)9-13/h8-9,11,15,21-22H,5-7,10,12H2,1-4H3/t15-/m1/s1. The van der Waals surface area contributed by atoms with Gasteiger partial charge in [-0.3, -0.25) is 0 Å². The summed E-state index contributed by atoms with van der Waals surface area (Å²) in [6.07, 6.45) is 5.51. The van der Waals surface area contributed by atoms with E-state index in [0.717, 1.165) is 33.9 Å². The van der Waals surface area contributed by atoms with Gasteiger partial charge in [0.15, 0.2) is 0 Å². The summed E-state index contributed by atoms with van der Waals surface area (Å²) >= 11 is 3.60. The van der Waals surface area contributed by atoms with Crippen molar-refractivity contribution >= 4 is 36.9 Å². The number of nitrogens with one attached hydrogen (secondary N) is 2. The van der Waals surface area contributed by atoms with Gasteiger partial charge in [0, 0.05) is 27.6 Å². The lowest BCUT2D eigenvalue weighted by Gasteiger charge is -2.20. The van der Waals surface area contributed by atoms with Crippen LogP contribution in [-0.4, -0.2) is 43.5 Å². The van der Waals surface area contributed by atoms with Crippen LogP contribution in [0.25, 0.3) is 10.9 Å². The predicted molar refractivity (Wildman–Crippen MR) is 111 cm³/mol. The molecule has 1 atom stereocenters. The van der Waals surface area contributed by atoms with E-state index in [1.54, 1.807) is 0 Å². The highest BCUT2D eigenvalue weighted by molar-refractivity contribution is 9.10. The van der Waals surface area contributed by atoms with E-state index in [1.807, 2.05) is 32.9 Å². The fraction of sp³-hybridized carbons (Fsp3) is 0.579. The minimum absolute atomic E-state index is 0.0211. The SMILES string of the molecule is CN1CCC[C@@H]1Cc1c[nH]c2c(Br)cc(CS(=O)(=O)NC(C)(C)C)cc12. The molecule has 5 nitrogen and oxygen atoms in total. The molecule has 0 saturated carbocycles. The van der Waals surface area contributed by atoms with Crippen molar-refractivity contribution in [2.45, 2.75) is 57.4 Å².